The molecule has 4 aromatic rings. The number of hydrogen-bond donors (Lipinski definition) is 2. The van der Waals surface area contributed by atoms with Crippen molar-refractivity contribution in [3.8, 4) is 16.9 Å². The van der Waals surface area contributed by atoms with E-state index < -0.39 is 0 Å². The van der Waals surface area contributed by atoms with E-state index >= 15 is 0 Å². The molecule has 6 heteroatoms. The lowest BCUT2D eigenvalue weighted by Crippen LogP contribution is -2.25. The zero-order valence-electron chi connectivity index (χ0n) is 17.8. The van der Waals surface area contributed by atoms with Crippen molar-refractivity contribution >= 4 is 17.5 Å². The van der Waals surface area contributed by atoms with Gasteiger partial charge in [0.25, 0.3) is 5.91 Å². The average Bonchev–Trinajstić information content (AvgIpc) is 2.85. The summed E-state index contributed by atoms with van der Waals surface area (Å²) in [7, 11) is 1.64. The number of benzene rings is 3. The van der Waals surface area contributed by atoms with Gasteiger partial charge in [-0.25, -0.2) is 9.97 Å². The number of carbonyl (C=O) groups excluding carboxylic acids is 1. The first-order valence-corrected chi connectivity index (χ1v) is 10.4. The minimum Gasteiger partial charge on any atom is -0.497 e. The van der Waals surface area contributed by atoms with E-state index in [2.05, 4.69) is 20.6 Å². The third-order valence-electron chi connectivity index (χ3n) is 5.00. The summed E-state index contributed by atoms with van der Waals surface area (Å²) in [6.07, 6.45) is 4.30. The Bertz CT molecular complexity index is 1160. The fourth-order valence-electron chi connectivity index (χ4n) is 3.25. The molecule has 32 heavy (non-hydrogen) atoms. The lowest BCUT2D eigenvalue weighted by atomic mass is 10.1. The van der Waals surface area contributed by atoms with E-state index in [0.717, 1.165) is 34.5 Å². The van der Waals surface area contributed by atoms with Gasteiger partial charge in [-0.1, -0.05) is 48.5 Å². The summed E-state index contributed by atoms with van der Waals surface area (Å²) in [4.78, 5) is 21.3. The molecule has 0 radical (unpaired) electrons. The number of ether oxygens (including phenoxy) is 1. The maximum atomic E-state index is 12.6. The highest BCUT2D eigenvalue weighted by Gasteiger charge is 2.07. The van der Waals surface area contributed by atoms with Crippen molar-refractivity contribution in [2.75, 3.05) is 19.0 Å². The summed E-state index contributed by atoms with van der Waals surface area (Å²) in [6.45, 7) is 0.548. The molecule has 0 aliphatic carbocycles. The second-order valence-electron chi connectivity index (χ2n) is 7.22. The summed E-state index contributed by atoms with van der Waals surface area (Å²) in [5.41, 5.74) is 4.47. The summed E-state index contributed by atoms with van der Waals surface area (Å²) < 4.78 is 5.16. The standard InChI is InChI=1S/C26H24N4O2/c1-32-24-12-10-19(11-13-24)14-15-27-25(31)21-8-5-9-23(16-21)30-26-28-17-22(18-29-26)20-6-3-2-4-7-20/h2-13,16-18H,14-15H2,1H3,(H,27,31)(H,28,29,30). The third kappa shape index (κ3) is 5.49. The number of nitrogens with zero attached hydrogens (tertiary/aromatic N) is 2. The molecule has 0 saturated carbocycles. The first kappa shape index (κ1) is 21.1. The zero-order chi connectivity index (χ0) is 22.2. The van der Waals surface area contributed by atoms with Crippen LogP contribution in [0, 0.1) is 0 Å². The van der Waals surface area contributed by atoms with Crippen LogP contribution in [0.5, 0.6) is 5.75 Å². The number of nitrogens with one attached hydrogen (secondary N) is 2. The maximum Gasteiger partial charge on any atom is 0.251 e. The van der Waals surface area contributed by atoms with Gasteiger partial charge in [0.15, 0.2) is 0 Å². The molecule has 4 rings (SSSR count). The van der Waals surface area contributed by atoms with Crippen LogP contribution in [0.2, 0.25) is 0 Å². The Balaban J connectivity index is 1.33. The van der Waals surface area contributed by atoms with Gasteiger partial charge in [-0.3, -0.25) is 4.79 Å². The number of rotatable bonds is 8. The predicted octanol–water partition coefficient (Wildman–Crippen LogP) is 4.87. The first-order valence-electron chi connectivity index (χ1n) is 10.4. The van der Waals surface area contributed by atoms with Gasteiger partial charge in [0, 0.05) is 35.8 Å². The van der Waals surface area contributed by atoms with Gasteiger partial charge >= 0.3 is 0 Å². The fourth-order valence-corrected chi connectivity index (χ4v) is 3.25. The van der Waals surface area contributed by atoms with Crippen molar-refractivity contribution < 1.29 is 9.53 Å². The fraction of sp³-hybridized carbons (Fsp3) is 0.115. The van der Waals surface area contributed by atoms with Crippen molar-refractivity contribution in [3.63, 3.8) is 0 Å². The van der Waals surface area contributed by atoms with Crippen LogP contribution in [0.1, 0.15) is 15.9 Å². The van der Waals surface area contributed by atoms with E-state index in [-0.39, 0.29) is 5.91 Å². The molecule has 0 atom stereocenters. The predicted molar refractivity (Wildman–Crippen MR) is 126 cm³/mol. The van der Waals surface area contributed by atoms with Gasteiger partial charge in [-0.2, -0.15) is 0 Å². The first-order chi connectivity index (χ1) is 15.7. The van der Waals surface area contributed by atoms with Crippen LogP contribution in [0.25, 0.3) is 11.1 Å². The van der Waals surface area contributed by atoms with E-state index in [0.29, 0.717) is 18.1 Å². The number of aromatic nitrogens is 2. The lowest BCUT2D eigenvalue weighted by molar-refractivity contribution is 0.0954. The SMILES string of the molecule is COc1ccc(CCNC(=O)c2cccc(Nc3ncc(-c4ccccc4)cn3)c2)cc1. The van der Waals surface area contributed by atoms with Gasteiger partial charge in [0.2, 0.25) is 5.95 Å². The van der Waals surface area contributed by atoms with E-state index in [4.69, 9.17) is 4.74 Å². The Labute approximate surface area is 187 Å². The molecule has 3 aromatic carbocycles. The topological polar surface area (TPSA) is 76.1 Å². The third-order valence-corrected chi connectivity index (χ3v) is 5.00. The highest BCUT2D eigenvalue weighted by molar-refractivity contribution is 5.95. The normalized spacial score (nSPS) is 10.4. The summed E-state index contributed by atoms with van der Waals surface area (Å²) in [6, 6.07) is 25.1. The van der Waals surface area contributed by atoms with Gasteiger partial charge in [-0.05, 0) is 47.9 Å². The summed E-state index contributed by atoms with van der Waals surface area (Å²) in [5.74, 6) is 1.17. The number of methoxy groups -OCH3 is 1. The Kier molecular flexibility index (Phi) is 6.72. The largest absolute Gasteiger partial charge is 0.497 e. The van der Waals surface area contributed by atoms with Gasteiger partial charge < -0.3 is 15.4 Å². The van der Waals surface area contributed by atoms with Crippen molar-refractivity contribution in [2.24, 2.45) is 0 Å². The molecule has 1 aromatic heterocycles. The zero-order valence-corrected chi connectivity index (χ0v) is 17.8. The minimum atomic E-state index is -0.123. The number of amides is 1. The molecule has 160 valence electrons. The van der Waals surface area contributed by atoms with Crippen molar-refractivity contribution in [2.45, 2.75) is 6.42 Å². The highest BCUT2D eigenvalue weighted by atomic mass is 16.5. The smallest absolute Gasteiger partial charge is 0.251 e. The van der Waals surface area contributed by atoms with Crippen LogP contribution in [-0.4, -0.2) is 29.5 Å². The molecule has 0 saturated heterocycles. The van der Waals surface area contributed by atoms with Crippen LogP contribution in [0.4, 0.5) is 11.6 Å². The average molecular weight is 425 g/mol. The molecular formula is C26H24N4O2. The molecule has 0 bridgehead atoms. The van der Waals surface area contributed by atoms with Crippen LogP contribution >= 0.6 is 0 Å². The summed E-state index contributed by atoms with van der Waals surface area (Å²) in [5, 5.41) is 6.12. The van der Waals surface area contributed by atoms with Crippen LogP contribution in [0.3, 0.4) is 0 Å². The lowest BCUT2D eigenvalue weighted by Gasteiger charge is -2.09. The molecule has 2 N–H and O–H groups in total. The number of anilines is 2. The van der Waals surface area contributed by atoms with Crippen LogP contribution in [-0.2, 0) is 6.42 Å². The molecule has 0 aliphatic rings. The minimum absolute atomic E-state index is 0.123. The quantitative estimate of drug-likeness (QED) is 0.422. The molecule has 0 aliphatic heterocycles. The Morgan fingerprint density at radius 1 is 0.875 bits per heavy atom. The van der Waals surface area contributed by atoms with E-state index in [1.165, 1.54) is 0 Å². The highest BCUT2D eigenvalue weighted by Crippen LogP contribution is 2.19. The van der Waals surface area contributed by atoms with E-state index in [1.54, 1.807) is 31.6 Å². The van der Waals surface area contributed by atoms with Crippen molar-refractivity contribution in [3.05, 3.63) is 102 Å². The number of carbonyl (C=O) groups is 1. The molecule has 0 unspecified atom stereocenters. The Morgan fingerprint density at radius 3 is 2.34 bits per heavy atom. The second kappa shape index (κ2) is 10.2. The molecule has 0 fully saturated rings. The molecule has 1 heterocycles. The monoisotopic (exact) mass is 424 g/mol. The van der Waals surface area contributed by atoms with Crippen LogP contribution < -0.4 is 15.4 Å². The number of hydrogen-bond acceptors (Lipinski definition) is 5. The molecule has 0 spiro atoms. The van der Waals surface area contributed by atoms with Crippen molar-refractivity contribution in [1.29, 1.82) is 0 Å². The van der Waals surface area contributed by atoms with Gasteiger partial charge in [-0.15, -0.1) is 0 Å². The Hall–Kier alpha value is -4.19. The second-order valence-corrected chi connectivity index (χ2v) is 7.22. The van der Waals surface area contributed by atoms with E-state index in [9.17, 15) is 4.79 Å². The van der Waals surface area contributed by atoms with Crippen molar-refractivity contribution in [1.82, 2.24) is 15.3 Å². The molecule has 6 nitrogen and oxygen atoms in total. The van der Waals surface area contributed by atoms with Gasteiger partial charge in [0.05, 0.1) is 7.11 Å². The van der Waals surface area contributed by atoms with Gasteiger partial charge in [0.1, 0.15) is 5.75 Å². The van der Waals surface area contributed by atoms with Crippen LogP contribution in [0.15, 0.2) is 91.3 Å². The molecule has 1 amide bonds. The maximum absolute atomic E-state index is 12.6. The molecular weight excluding hydrogens is 400 g/mol. The Morgan fingerprint density at radius 2 is 1.62 bits per heavy atom. The van der Waals surface area contributed by atoms with E-state index in [1.807, 2.05) is 66.7 Å². The summed E-state index contributed by atoms with van der Waals surface area (Å²) >= 11 is 0.